The fourth-order valence-electron chi connectivity index (χ4n) is 3.14. The molecule has 2 atom stereocenters. The molecule has 24 heavy (non-hydrogen) atoms. The van der Waals surface area contributed by atoms with Crippen LogP contribution in [0, 0.1) is 0 Å². The van der Waals surface area contributed by atoms with Crippen LogP contribution in [0.2, 0.25) is 0 Å². The van der Waals surface area contributed by atoms with Crippen molar-refractivity contribution in [1.29, 1.82) is 0 Å². The zero-order chi connectivity index (χ0) is 16.1. The number of methoxy groups -OCH3 is 1. The second-order valence-corrected chi connectivity index (χ2v) is 5.84. The minimum Gasteiger partial charge on any atom is -0.496 e. The topological polar surface area (TPSA) is 50.7 Å². The second kappa shape index (κ2) is 8.49. The summed E-state index contributed by atoms with van der Waals surface area (Å²) in [5.74, 6) is 0.783. The van der Waals surface area contributed by atoms with Crippen molar-refractivity contribution in [3.63, 3.8) is 0 Å². The first-order valence-corrected chi connectivity index (χ1v) is 7.96. The van der Waals surface area contributed by atoms with Gasteiger partial charge in [-0.2, -0.15) is 0 Å². The maximum Gasteiger partial charge on any atom is 0.122 e. The van der Waals surface area contributed by atoms with Gasteiger partial charge in [-0.05, 0) is 17.2 Å². The molecule has 0 spiro atoms. The standard InChI is InChI=1S/C19H23NO3.ClH/c1-22-17-10-6-5-7-15(17)13-19(21,16-8-3-2-4-9-16)18-14-20-11-12-23-18;/h2-10,18,20-21H,11-14H2,1H3;1H/t18-,19+;/m0./s1. The van der Waals surface area contributed by atoms with Crippen LogP contribution in [0.1, 0.15) is 11.1 Å². The first-order valence-electron chi connectivity index (χ1n) is 7.96. The molecule has 1 fully saturated rings. The third-order valence-corrected chi connectivity index (χ3v) is 4.39. The van der Waals surface area contributed by atoms with Crippen molar-refractivity contribution >= 4 is 12.4 Å². The second-order valence-electron chi connectivity index (χ2n) is 5.84. The van der Waals surface area contributed by atoms with Gasteiger partial charge in [-0.15, -0.1) is 12.4 Å². The highest BCUT2D eigenvalue weighted by molar-refractivity contribution is 5.85. The molecule has 2 aromatic carbocycles. The van der Waals surface area contributed by atoms with Gasteiger partial charge >= 0.3 is 0 Å². The van der Waals surface area contributed by atoms with E-state index in [9.17, 15) is 5.11 Å². The number of benzene rings is 2. The average Bonchev–Trinajstić information content (AvgIpc) is 2.63. The van der Waals surface area contributed by atoms with E-state index in [1.165, 1.54) is 0 Å². The van der Waals surface area contributed by atoms with Gasteiger partial charge in [0.25, 0.3) is 0 Å². The molecule has 1 heterocycles. The number of hydrogen-bond donors (Lipinski definition) is 2. The Balaban J connectivity index is 0.00000208. The molecule has 4 nitrogen and oxygen atoms in total. The molecule has 0 amide bonds. The Bertz CT molecular complexity index is 632. The number of rotatable bonds is 5. The lowest BCUT2D eigenvalue weighted by atomic mass is 9.81. The van der Waals surface area contributed by atoms with Gasteiger partial charge in [0.1, 0.15) is 17.5 Å². The molecule has 3 rings (SSSR count). The predicted octanol–water partition coefficient (Wildman–Crippen LogP) is 2.54. The van der Waals surface area contributed by atoms with Gasteiger partial charge in [0, 0.05) is 19.5 Å². The number of halogens is 1. The molecule has 2 N–H and O–H groups in total. The van der Waals surface area contributed by atoms with Gasteiger partial charge < -0.3 is 19.9 Å². The molecule has 0 aliphatic carbocycles. The van der Waals surface area contributed by atoms with E-state index >= 15 is 0 Å². The van der Waals surface area contributed by atoms with Gasteiger partial charge in [0.15, 0.2) is 0 Å². The Morgan fingerprint density at radius 1 is 1.17 bits per heavy atom. The molecule has 130 valence electrons. The SMILES string of the molecule is COc1ccccc1C[C@@](O)(c1ccccc1)[C@@H]1CNCCO1.Cl. The summed E-state index contributed by atoms with van der Waals surface area (Å²) in [6.07, 6.45) is 0.136. The molecular weight excluding hydrogens is 326 g/mol. The third kappa shape index (κ3) is 3.90. The summed E-state index contributed by atoms with van der Waals surface area (Å²) in [4.78, 5) is 0. The predicted molar refractivity (Wildman–Crippen MR) is 96.9 cm³/mol. The van der Waals surface area contributed by atoms with Crippen molar-refractivity contribution in [3.8, 4) is 5.75 Å². The maximum atomic E-state index is 11.6. The highest BCUT2D eigenvalue weighted by Crippen LogP contribution is 2.34. The summed E-state index contributed by atoms with van der Waals surface area (Å²) >= 11 is 0. The smallest absolute Gasteiger partial charge is 0.122 e. The molecule has 0 saturated carbocycles. The van der Waals surface area contributed by atoms with Crippen LogP contribution in [-0.2, 0) is 16.8 Å². The van der Waals surface area contributed by atoms with Crippen molar-refractivity contribution in [2.24, 2.45) is 0 Å². The van der Waals surface area contributed by atoms with Crippen LogP contribution in [-0.4, -0.2) is 38.0 Å². The lowest BCUT2D eigenvalue weighted by Crippen LogP contribution is -2.52. The number of hydrogen-bond acceptors (Lipinski definition) is 4. The molecule has 0 aromatic heterocycles. The van der Waals surface area contributed by atoms with Crippen LogP contribution >= 0.6 is 12.4 Å². The van der Waals surface area contributed by atoms with Crippen LogP contribution in [0.3, 0.4) is 0 Å². The van der Waals surface area contributed by atoms with E-state index in [0.29, 0.717) is 19.6 Å². The molecule has 5 heteroatoms. The monoisotopic (exact) mass is 349 g/mol. The van der Waals surface area contributed by atoms with E-state index < -0.39 is 5.60 Å². The molecule has 0 radical (unpaired) electrons. The minimum atomic E-state index is -1.11. The Labute approximate surface area is 149 Å². The van der Waals surface area contributed by atoms with Crippen molar-refractivity contribution in [2.45, 2.75) is 18.1 Å². The summed E-state index contributed by atoms with van der Waals surface area (Å²) in [6, 6.07) is 17.5. The van der Waals surface area contributed by atoms with Crippen LogP contribution in [0.5, 0.6) is 5.75 Å². The molecular formula is C19H24ClNO3. The van der Waals surface area contributed by atoms with Crippen molar-refractivity contribution in [2.75, 3.05) is 26.8 Å². The summed E-state index contributed by atoms with van der Waals surface area (Å²) < 4.78 is 11.3. The normalized spacial score (nSPS) is 19.8. The van der Waals surface area contributed by atoms with Gasteiger partial charge in [0.05, 0.1) is 13.7 Å². The molecule has 1 saturated heterocycles. The summed E-state index contributed by atoms with van der Waals surface area (Å²) in [7, 11) is 1.65. The quantitative estimate of drug-likeness (QED) is 0.871. The van der Waals surface area contributed by atoms with Crippen molar-refractivity contribution < 1.29 is 14.6 Å². The molecule has 0 bridgehead atoms. The molecule has 1 aliphatic heterocycles. The van der Waals surface area contributed by atoms with E-state index in [2.05, 4.69) is 5.32 Å². The van der Waals surface area contributed by atoms with Crippen molar-refractivity contribution in [3.05, 3.63) is 65.7 Å². The number of aliphatic hydroxyl groups is 1. The van der Waals surface area contributed by atoms with E-state index in [1.807, 2.05) is 54.6 Å². The maximum absolute atomic E-state index is 11.6. The first kappa shape index (κ1) is 18.7. The van der Waals surface area contributed by atoms with Crippen LogP contribution < -0.4 is 10.1 Å². The summed E-state index contributed by atoms with van der Waals surface area (Å²) in [6.45, 7) is 2.04. The van der Waals surface area contributed by atoms with Gasteiger partial charge in [-0.3, -0.25) is 0 Å². The highest BCUT2D eigenvalue weighted by atomic mass is 35.5. The molecule has 1 aliphatic rings. The summed E-state index contributed by atoms with van der Waals surface area (Å²) in [5, 5.41) is 14.9. The largest absolute Gasteiger partial charge is 0.496 e. The highest BCUT2D eigenvalue weighted by Gasteiger charge is 2.40. The van der Waals surface area contributed by atoms with Crippen LogP contribution in [0.25, 0.3) is 0 Å². The van der Waals surface area contributed by atoms with E-state index in [4.69, 9.17) is 9.47 Å². The lowest BCUT2D eigenvalue weighted by molar-refractivity contribution is -0.124. The average molecular weight is 350 g/mol. The zero-order valence-corrected chi connectivity index (χ0v) is 14.6. The number of ether oxygens (including phenoxy) is 2. The Kier molecular flexibility index (Phi) is 6.63. The number of para-hydroxylation sites is 1. The molecule has 0 unspecified atom stereocenters. The van der Waals surface area contributed by atoms with Gasteiger partial charge in [-0.25, -0.2) is 0 Å². The minimum absolute atomic E-state index is 0. The zero-order valence-electron chi connectivity index (χ0n) is 13.8. The fourth-order valence-corrected chi connectivity index (χ4v) is 3.14. The Hall–Kier alpha value is -1.59. The fraction of sp³-hybridized carbons (Fsp3) is 0.368. The van der Waals surface area contributed by atoms with Gasteiger partial charge in [0.2, 0.25) is 0 Å². The first-order chi connectivity index (χ1) is 11.2. The number of morpholine rings is 1. The van der Waals surface area contributed by atoms with E-state index in [1.54, 1.807) is 7.11 Å². The van der Waals surface area contributed by atoms with Gasteiger partial charge in [-0.1, -0.05) is 48.5 Å². The number of nitrogens with one attached hydrogen (secondary N) is 1. The van der Waals surface area contributed by atoms with E-state index in [0.717, 1.165) is 23.4 Å². The molecule has 2 aromatic rings. The Morgan fingerprint density at radius 2 is 1.88 bits per heavy atom. The lowest BCUT2D eigenvalue weighted by Gasteiger charge is -2.39. The van der Waals surface area contributed by atoms with Crippen molar-refractivity contribution in [1.82, 2.24) is 5.32 Å². The Morgan fingerprint density at radius 3 is 2.54 bits per heavy atom. The summed E-state index contributed by atoms with van der Waals surface area (Å²) in [5.41, 5.74) is 0.721. The van der Waals surface area contributed by atoms with Crippen LogP contribution in [0.15, 0.2) is 54.6 Å². The van der Waals surface area contributed by atoms with Crippen LogP contribution in [0.4, 0.5) is 0 Å². The third-order valence-electron chi connectivity index (χ3n) is 4.39. The van der Waals surface area contributed by atoms with E-state index in [-0.39, 0.29) is 18.5 Å².